The molecule has 1 heterocycles. The topological polar surface area (TPSA) is 93.2 Å². The molecule has 2 amide bonds. The van der Waals surface area contributed by atoms with Gasteiger partial charge in [-0.2, -0.15) is 0 Å². The Kier molecular flexibility index (Phi) is 7.24. The van der Waals surface area contributed by atoms with Gasteiger partial charge in [-0.15, -0.1) is 10.2 Å². The summed E-state index contributed by atoms with van der Waals surface area (Å²) in [6, 6.07) is 7.08. The van der Waals surface area contributed by atoms with Gasteiger partial charge in [-0.05, 0) is 30.7 Å². The second kappa shape index (κ2) is 9.65. The van der Waals surface area contributed by atoms with Gasteiger partial charge in [0.1, 0.15) is 16.6 Å². The van der Waals surface area contributed by atoms with E-state index in [4.69, 9.17) is 4.74 Å². The number of aromatic nitrogens is 2. The van der Waals surface area contributed by atoms with Crippen molar-refractivity contribution in [1.29, 1.82) is 0 Å². The molecule has 0 radical (unpaired) electrons. The normalized spacial score (nSPS) is 10.3. The molecule has 7 nitrogen and oxygen atoms in total. The van der Waals surface area contributed by atoms with Gasteiger partial charge < -0.3 is 15.4 Å². The summed E-state index contributed by atoms with van der Waals surface area (Å²) in [5.74, 6) is -0.379. The van der Waals surface area contributed by atoms with E-state index in [-0.39, 0.29) is 18.2 Å². The van der Waals surface area contributed by atoms with Crippen LogP contribution >= 0.6 is 11.3 Å². The van der Waals surface area contributed by atoms with Gasteiger partial charge in [-0.1, -0.05) is 30.0 Å². The highest BCUT2D eigenvalue weighted by Crippen LogP contribution is 2.12. The van der Waals surface area contributed by atoms with Crippen molar-refractivity contribution in [2.24, 2.45) is 0 Å². The first-order valence-corrected chi connectivity index (χ1v) is 8.60. The lowest BCUT2D eigenvalue weighted by atomic mass is 10.1. The lowest BCUT2D eigenvalue weighted by molar-refractivity contribution is -0.120. The van der Waals surface area contributed by atoms with E-state index >= 15 is 0 Å². The fourth-order valence-electron chi connectivity index (χ4n) is 1.93. The van der Waals surface area contributed by atoms with E-state index in [1.807, 2.05) is 6.92 Å². The van der Waals surface area contributed by atoms with E-state index < -0.39 is 0 Å². The van der Waals surface area contributed by atoms with Crippen molar-refractivity contribution in [2.75, 3.05) is 11.9 Å². The summed E-state index contributed by atoms with van der Waals surface area (Å²) in [6.07, 6.45) is 1.45. The molecule has 0 bridgehead atoms. The van der Waals surface area contributed by atoms with Gasteiger partial charge in [-0.25, -0.2) is 0 Å². The van der Waals surface area contributed by atoms with Gasteiger partial charge in [0.25, 0.3) is 0 Å². The van der Waals surface area contributed by atoms with Crippen LogP contribution in [0.5, 0.6) is 0 Å². The molecule has 1 aromatic heterocycles. The monoisotopic (exact) mass is 360 g/mol. The van der Waals surface area contributed by atoms with Crippen molar-refractivity contribution >= 4 is 28.8 Å². The minimum Gasteiger partial charge on any atom is -0.374 e. The highest BCUT2D eigenvalue weighted by atomic mass is 32.1. The smallest absolute Gasteiger partial charge is 0.247 e. The lowest BCUT2D eigenvalue weighted by Gasteiger charge is -2.05. The molecule has 132 valence electrons. The summed E-state index contributed by atoms with van der Waals surface area (Å²) < 4.78 is 5.27. The number of carbonyl (C=O) groups excluding carboxylic acids is 2. The summed E-state index contributed by atoms with van der Waals surface area (Å²) in [6.45, 7) is 6.72. The molecule has 0 atom stereocenters. The van der Waals surface area contributed by atoms with Crippen LogP contribution in [0.1, 0.15) is 22.5 Å². The van der Waals surface area contributed by atoms with Crippen LogP contribution in [-0.4, -0.2) is 28.6 Å². The van der Waals surface area contributed by atoms with Gasteiger partial charge in [0.15, 0.2) is 0 Å². The van der Waals surface area contributed by atoms with Crippen LogP contribution in [0, 0.1) is 0 Å². The van der Waals surface area contributed by atoms with Crippen LogP contribution in [0.15, 0.2) is 36.9 Å². The van der Waals surface area contributed by atoms with Gasteiger partial charge in [0, 0.05) is 12.3 Å². The number of hydrogen-bond acceptors (Lipinski definition) is 6. The van der Waals surface area contributed by atoms with E-state index in [0.717, 1.165) is 15.6 Å². The first-order valence-electron chi connectivity index (χ1n) is 7.78. The molecule has 25 heavy (non-hydrogen) atoms. The van der Waals surface area contributed by atoms with E-state index in [0.29, 0.717) is 25.4 Å². The molecule has 2 N–H and O–H groups in total. The fourth-order valence-corrected chi connectivity index (χ4v) is 2.65. The number of rotatable bonds is 9. The Balaban J connectivity index is 1.78. The number of carbonyl (C=O) groups is 2. The van der Waals surface area contributed by atoms with Gasteiger partial charge >= 0.3 is 0 Å². The first kappa shape index (κ1) is 18.8. The van der Waals surface area contributed by atoms with E-state index in [9.17, 15) is 9.59 Å². The summed E-state index contributed by atoms with van der Waals surface area (Å²) in [5.41, 5.74) is 1.51. The van der Waals surface area contributed by atoms with E-state index in [1.54, 1.807) is 24.3 Å². The molecule has 2 aromatic rings. The van der Waals surface area contributed by atoms with E-state index in [1.165, 1.54) is 17.4 Å². The van der Waals surface area contributed by atoms with Gasteiger partial charge in [0.2, 0.25) is 11.8 Å². The zero-order valence-corrected chi connectivity index (χ0v) is 14.8. The van der Waals surface area contributed by atoms with Crippen molar-refractivity contribution < 1.29 is 14.3 Å². The molecular weight excluding hydrogens is 340 g/mol. The van der Waals surface area contributed by atoms with Crippen LogP contribution in [0.2, 0.25) is 0 Å². The average Bonchev–Trinajstić information content (AvgIpc) is 3.07. The predicted octanol–water partition coefficient (Wildman–Crippen LogP) is 2.06. The number of amides is 2. The Morgan fingerprint density at radius 2 is 1.96 bits per heavy atom. The molecule has 1 aromatic carbocycles. The molecule has 0 fully saturated rings. The number of ether oxygens (including phenoxy) is 1. The molecule has 8 heteroatoms. The van der Waals surface area contributed by atoms with Gasteiger partial charge in [-0.3, -0.25) is 9.59 Å². The summed E-state index contributed by atoms with van der Waals surface area (Å²) in [7, 11) is 0. The van der Waals surface area contributed by atoms with E-state index in [2.05, 4.69) is 27.4 Å². The maximum Gasteiger partial charge on any atom is 0.247 e. The van der Waals surface area contributed by atoms with Crippen LogP contribution < -0.4 is 10.6 Å². The second-order valence-electron chi connectivity index (χ2n) is 5.07. The highest BCUT2D eigenvalue weighted by Gasteiger charge is 2.08. The van der Waals surface area contributed by atoms with Crippen LogP contribution in [0.4, 0.5) is 5.69 Å². The standard InChI is InChI=1S/C17H20N4O3S/c1-3-14(22)19-13-7-5-12(6-8-13)9-15(23)18-10-16-20-21-17(25-16)11-24-4-2/h3,5-8H,1,4,9-11H2,2H3,(H,18,23)(H,19,22). The third-order valence-corrected chi connectivity index (χ3v) is 4.04. The Morgan fingerprint density at radius 3 is 2.64 bits per heavy atom. The van der Waals surface area contributed by atoms with Crippen LogP contribution in [0.25, 0.3) is 0 Å². The fraction of sp³-hybridized carbons (Fsp3) is 0.294. The molecule has 0 saturated heterocycles. The Hall–Kier alpha value is -2.58. The largest absolute Gasteiger partial charge is 0.374 e. The SMILES string of the molecule is C=CC(=O)Nc1ccc(CC(=O)NCc2nnc(COCC)s2)cc1. The van der Waals surface area contributed by atoms with Crippen molar-refractivity contribution in [2.45, 2.75) is 26.5 Å². The maximum absolute atomic E-state index is 12.0. The van der Waals surface area contributed by atoms with Crippen molar-refractivity contribution in [3.05, 3.63) is 52.5 Å². The van der Waals surface area contributed by atoms with Crippen molar-refractivity contribution in [3.63, 3.8) is 0 Å². The molecule has 0 aliphatic rings. The highest BCUT2D eigenvalue weighted by molar-refractivity contribution is 7.11. The Labute approximate surface area is 150 Å². The second-order valence-corrected chi connectivity index (χ2v) is 6.22. The van der Waals surface area contributed by atoms with Gasteiger partial charge in [0.05, 0.1) is 13.0 Å². The Bertz CT molecular complexity index is 728. The number of nitrogens with one attached hydrogen (secondary N) is 2. The predicted molar refractivity (Wildman–Crippen MR) is 96.1 cm³/mol. The molecule has 0 spiro atoms. The molecule has 0 saturated carbocycles. The number of anilines is 1. The lowest BCUT2D eigenvalue weighted by Crippen LogP contribution is -2.24. The quantitative estimate of drug-likeness (QED) is 0.668. The van der Waals surface area contributed by atoms with Crippen molar-refractivity contribution in [3.8, 4) is 0 Å². The third kappa shape index (κ3) is 6.44. The molecule has 2 rings (SSSR count). The maximum atomic E-state index is 12.0. The number of benzene rings is 1. The summed E-state index contributed by atoms with van der Waals surface area (Å²) >= 11 is 1.42. The zero-order valence-electron chi connectivity index (χ0n) is 13.9. The minimum absolute atomic E-state index is 0.107. The third-order valence-electron chi connectivity index (χ3n) is 3.15. The Morgan fingerprint density at radius 1 is 1.24 bits per heavy atom. The molecular formula is C17H20N4O3S. The molecule has 0 unspecified atom stereocenters. The number of nitrogens with zero attached hydrogens (tertiary/aromatic N) is 2. The minimum atomic E-state index is -0.272. The van der Waals surface area contributed by atoms with Crippen LogP contribution in [-0.2, 0) is 33.9 Å². The number of hydrogen-bond donors (Lipinski definition) is 2. The molecule has 0 aliphatic heterocycles. The average molecular weight is 360 g/mol. The summed E-state index contributed by atoms with van der Waals surface area (Å²) in [5, 5.41) is 15.0. The summed E-state index contributed by atoms with van der Waals surface area (Å²) in [4.78, 5) is 23.2. The van der Waals surface area contributed by atoms with Crippen molar-refractivity contribution in [1.82, 2.24) is 15.5 Å². The molecule has 0 aliphatic carbocycles. The van der Waals surface area contributed by atoms with Crippen LogP contribution in [0.3, 0.4) is 0 Å². The first-order chi connectivity index (χ1) is 12.1. The zero-order chi connectivity index (χ0) is 18.1.